The number of ether oxygens (including phenoxy) is 1. The molecule has 20 heavy (non-hydrogen) atoms. The average Bonchev–Trinajstić information content (AvgIpc) is 2.97. The highest BCUT2D eigenvalue weighted by atomic mass is 35.5. The van der Waals surface area contributed by atoms with Gasteiger partial charge in [-0.1, -0.05) is 25.4 Å². The first-order chi connectivity index (χ1) is 9.72. The highest BCUT2D eigenvalue weighted by Gasteiger charge is 2.21. The molecule has 1 fully saturated rings. The van der Waals surface area contributed by atoms with Crippen molar-refractivity contribution in [1.29, 1.82) is 0 Å². The molecule has 0 amide bonds. The molecular formula is C14H23ClN4O. The number of aromatic nitrogens is 2. The average molecular weight is 299 g/mol. The number of rotatable bonds is 7. The summed E-state index contributed by atoms with van der Waals surface area (Å²) in [5.74, 6) is 1.47. The maximum Gasteiger partial charge on any atom is 0.161 e. The fourth-order valence-electron chi connectivity index (χ4n) is 2.33. The zero-order chi connectivity index (χ0) is 14.4. The van der Waals surface area contributed by atoms with Gasteiger partial charge < -0.3 is 15.0 Å². The van der Waals surface area contributed by atoms with E-state index >= 15 is 0 Å². The summed E-state index contributed by atoms with van der Waals surface area (Å²) >= 11 is 6.07. The number of hydrogen-bond acceptors (Lipinski definition) is 5. The number of halogens is 1. The molecule has 1 saturated heterocycles. The third-order valence-electron chi connectivity index (χ3n) is 3.56. The topological polar surface area (TPSA) is 50.3 Å². The maximum absolute atomic E-state index is 6.07. The molecule has 0 radical (unpaired) electrons. The van der Waals surface area contributed by atoms with Crippen molar-refractivity contribution in [2.24, 2.45) is 0 Å². The molecule has 0 saturated carbocycles. The molecule has 1 aromatic rings. The van der Waals surface area contributed by atoms with E-state index in [9.17, 15) is 0 Å². The summed E-state index contributed by atoms with van der Waals surface area (Å²) in [6.45, 7) is 9.07. The van der Waals surface area contributed by atoms with Crippen LogP contribution in [0.1, 0.15) is 38.6 Å². The third-order valence-corrected chi connectivity index (χ3v) is 3.75. The van der Waals surface area contributed by atoms with Crippen LogP contribution in [-0.2, 0) is 4.74 Å². The van der Waals surface area contributed by atoms with Crippen molar-refractivity contribution in [3.8, 4) is 0 Å². The monoisotopic (exact) mass is 298 g/mol. The van der Waals surface area contributed by atoms with Gasteiger partial charge in [-0.15, -0.1) is 0 Å². The van der Waals surface area contributed by atoms with Crippen molar-refractivity contribution in [3.63, 3.8) is 0 Å². The molecule has 1 N–H and O–H groups in total. The molecule has 112 valence electrons. The van der Waals surface area contributed by atoms with Gasteiger partial charge in [0.25, 0.3) is 0 Å². The zero-order valence-electron chi connectivity index (χ0n) is 12.2. The van der Waals surface area contributed by atoms with Gasteiger partial charge in [0.1, 0.15) is 17.1 Å². The first-order valence-electron chi connectivity index (χ1n) is 7.35. The molecule has 0 aliphatic carbocycles. The van der Waals surface area contributed by atoms with Crippen molar-refractivity contribution in [2.45, 2.75) is 32.8 Å². The number of hydrogen-bond donors (Lipinski definition) is 1. The van der Waals surface area contributed by atoms with E-state index in [1.54, 1.807) is 6.07 Å². The smallest absolute Gasteiger partial charge is 0.161 e. The molecule has 1 aliphatic heterocycles. The van der Waals surface area contributed by atoms with E-state index in [1.165, 1.54) is 0 Å². The van der Waals surface area contributed by atoms with E-state index in [4.69, 9.17) is 16.3 Å². The molecule has 1 atom stereocenters. The zero-order valence-corrected chi connectivity index (χ0v) is 13.0. The summed E-state index contributed by atoms with van der Waals surface area (Å²) < 4.78 is 5.61. The third kappa shape index (κ3) is 4.30. The van der Waals surface area contributed by atoms with E-state index in [2.05, 4.69) is 34.0 Å². The summed E-state index contributed by atoms with van der Waals surface area (Å²) in [5.41, 5.74) is 0. The highest BCUT2D eigenvalue weighted by molar-refractivity contribution is 6.29. The van der Waals surface area contributed by atoms with E-state index in [-0.39, 0.29) is 6.10 Å². The molecule has 6 heteroatoms. The van der Waals surface area contributed by atoms with Gasteiger partial charge in [0.15, 0.2) is 5.82 Å². The van der Waals surface area contributed by atoms with E-state index in [1.807, 2.05) is 0 Å². The van der Waals surface area contributed by atoms with Gasteiger partial charge in [-0.3, -0.25) is 0 Å². The van der Waals surface area contributed by atoms with Crippen LogP contribution in [0.15, 0.2) is 6.07 Å². The van der Waals surface area contributed by atoms with Gasteiger partial charge in [0.05, 0.1) is 0 Å². The predicted octanol–water partition coefficient (Wildman–Crippen LogP) is 2.74. The minimum Gasteiger partial charge on any atom is -0.370 e. The normalized spacial score (nSPS) is 18.7. The molecule has 1 aromatic heterocycles. The lowest BCUT2D eigenvalue weighted by atomic mass is 10.2. The Morgan fingerprint density at radius 1 is 1.40 bits per heavy atom. The molecular weight excluding hydrogens is 276 g/mol. The minimum atomic E-state index is -0.00275. The van der Waals surface area contributed by atoms with Gasteiger partial charge in [-0.05, 0) is 25.9 Å². The summed E-state index contributed by atoms with van der Waals surface area (Å²) in [6.07, 6.45) is 2.03. The lowest BCUT2D eigenvalue weighted by molar-refractivity contribution is 0.105. The second-order valence-corrected chi connectivity index (χ2v) is 5.28. The van der Waals surface area contributed by atoms with E-state index < -0.39 is 0 Å². The van der Waals surface area contributed by atoms with E-state index in [0.29, 0.717) is 11.0 Å². The van der Waals surface area contributed by atoms with Crippen LogP contribution in [-0.4, -0.2) is 47.7 Å². The van der Waals surface area contributed by atoms with Gasteiger partial charge in [0, 0.05) is 25.8 Å². The molecule has 5 nitrogen and oxygen atoms in total. The van der Waals surface area contributed by atoms with Crippen LogP contribution in [0, 0.1) is 0 Å². The van der Waals surface area contributed by atoms with Crippen LogP contribution in [0.5, 0.6) is 0 Å². The Balaban J connectivity index is 1.93. The Bertz CT molecular complexity index is 420. The maximum atomic E-state index is 6.07. The quantitative estimate of drug-likeness (QED) is 0.785. The Morgan fingerprint density at radius 2 is 2.20 bits per heavy atom. The second kappa shape index (κ2) is 7.76. The predicted molar refractivity (Wildman–Crippen MR) is 81.2 cm³/mol. The lowest BCUT2D eigenvalue weighted by Gasteiger charge is -2.18. The highest BCUT2D eigenvalue weighted by Crippen LogP contribution is 2.27. The number of anilines is 1. The molecule has 0 aromatic carbocycles. The first-order valence-corrected chi connectivity index (χ1v) is 7.73. The minimum absolute atomic E-state index is 0.00275. The molecule has 0 spiro atoms. The first kappa shape index (κ1) is 15.5. The molecule has 1 unspecified atom stereocenters. The van der Waals surface area contributed by atoms with Crippen LogP contribution in [0.2, 0.25) is 5.15 Å². The van der Waals surface area contributed by atoms with Gasteiger partial charge in [-0.25, -0.2) is 9.97 Å². The largest absolute Gasteiger partial charge is 0.370 e. The Kier molecular flexibility index (Phi) is 6.01. The van der Waals surface area contributed by atoms with Crippen molar-refractivity contribution in [3.05, 3.63) is 17.0 Å². The Labute approximate surface area is 125 Å². The van der Waals surface area contributed by atoms with Crippen LogP contribution in [0.3, 0.4) is 0 Å². The number of nitrogens with one attached hydrogen (secondary N) is 1. The lowest BCUT2D eigenvalue weighted by Crippen LogP contribution is -2.28. The number of nitrogens with zero attached hydrogens (tertiary/aromatic N) is 3. The summed E-state index contributed by atoms with van der Waals surface area (Å²) in [4.78, 5) is 11.1. The van der Waals surface area contributed by atoms with Gasteiger partial charge in [-0.2, -0.15) is 0 Å². The van der Waals surface area contributed by atoms with Crippen LogP contribution in [0.25, 0.3) is 0 Å². The van der Waals surface area contributed by atoms with Crippen LogP contribution < -0.4 is 5.32 Å². The molecule has 2 heterocycles. The van der Waals surface area contributed by atoms with Crippen molar-refractivity contribution >= 4 is 17.4 Å². The fourth-order valence-corrected chi connectivity index (χ4v) is 2.52. The second-order valence-electron chi connectivity index (χ2n) is 4.89. The molecule has 0 bridgehead atoms. The van der Waals surface area contributed by atoms with Crippen molar-refractivity contribution in [2.75, 3.05) is 38.1 Å². The summed E-state index contributed by atoms with van der Waals surface area (Å²) in [5, 5.41) is 3.78. The van der Waals surface area contributed by atoms with Gasteiger partial charge >= 0.3 is 0 Å². The van der Waals surface area contributed by atoms with Crippen molar-refractivity contribution < 1.29 is 4.74 Å². The fraction of sp³-hybridized carbons (Fsp3) is 0.714. The SMILES string of the molecule is CCN(CC)CCNc1cc(Cl)nc(C2CCCO2)n1. The van der Waals surface area contributed by atoms with Crippen LogP contribution in [0.4, 0.5) is 5.82 Å². The number of likely N-dealkylation sites (N-methyl/N-ethyl adjacent to an activating group) is 1. The Morgan fingerprint density at radius 3 is 2.85 bits per heavy atom. The molecule has 1 aliphatic rings. The standard InChI is InChI=1S/C14H23ClN4O/c1-3-19(4-2)8-7-16-13-10-12(15)17-14(18-13)11-6-5-9-20-11/h10-11H,3-9H2,1-2H3,(H,16,17,18). The summed E-state index contributed by atoms with van der Waals surface area (Å²) in [6, 6.07) is 1.77. The van der Waals surface area contributed by atoms with Crippen molar-refractivity contribution in [1.82, 2.24) is 14.9 Å². The Hall–Kier alpha value is -0.910. The summed E-state index contributed by atoms with van der Waals surface area (Å²) in [7, 11) is 0. The molecule has 2 rings (SSSR count). The van der Waals surface area contributed by atoms with E-state index in [0.717, 1.165) is 51.4 Å². The van der Waals surface area contributed by atoms with Gasteiger partial charge in [0.2, 0.25) is 0 Å². The van der Waals surface area contributed by atoms with Crippen LogP contribution >= 0.6 is 11.6 Å².